The zero-order valence-corrected chi connectivity index (χ0v) is 15.1. The summed E-state index contributed by atoms with van der Waals surface area (Å²) < 4.78 is 10.5. The molecule has 2 aromatic rings. The highest BCUT2D eigenvalue weighted by atomic mass is 16.5. The first-order chi connectivity index (χ1) is 13.2. The van der Waals surface area contributed by atoms with Crippen LogP contribution in [0.15, 0.2) is 36.7 Å². The summed E-state index contributed by atoms with van der Waals surface area (Å²) in [6.07, 6.45) is 4.88. The minimum Gasteiger partial charge on any atom is -0.462 e. The molecule has 1 fully saturated rings. The van der Waals surface area contributed by atoms with Crippen LogP contribution in [0.2, 0.25) is 0 Å². The van der Waals surface area contributed by atoms with Crippen molar-refractivity contribution in [2.24, 2.45) is 0 Å². The van der Waals surface area contributed by atoms with Crippen molar-refractivity contribution in [1.29, 1.82) is 0 Å². The van der Waals surface area contributed by atoms with Crippen LogP contribution in [-0.2, 0) is 9.47 Å². The Morgan fingerprint density at radius 2 is 2.11 bits per heavy atom. The SMILES string of the molecule is CCOC(=O)c1ccccc1Nc1cnc(C(=O)NCC2CCCO2)cn1. The third-order valence-electron chi connectivity index (χ3n) is 4.08. The Bertz CT molecular complexity index is 789. The number of ether oxygens (including phenoxy) is 2. The molecule has 142 valence electrons. The van der Waals surface area contributed by atoms with E-state index in [4.69, 9.17) is 9.47 Å². The number of para-hydroxylation sites is 1. The molecule has 0 aliphatic carbocycles. The monoisotopic (exact) mass is 370 g/mol. The number of benzene rings is 1. The van der Waals surface area contributed by atoms with Gasteiger partial charge in [0.15, 0.2) is 0 Å². The lowest BCUT2D eigenvalue weighted by molar-refractivity contribution is 0.0527. The van der Waals surface area contributed by atoms with E-state index >= 15 is 0 Å². The van der Waals surface area contributed by atoms with Gasteiger partial charge >= 0.3 is 5.97 Å². The van der Waals surface area contributed by atoms with Gasteiger partial charge in [0.05, 0.1) is 36.4 Å². The van der Waals surface area contributed by atoms with Gasteiger partial charge in [-0.3, -0.25) is 4.79 Å². The zero-order valence-electron chi connectivity index (χ0n) is 15.1. The van der Waals surface area contributed by atoms with Gasteiger partial charge in [-0.05, 0) is 31.9 Å². The first-order valence-corrected chi connectivity index (χ1v) is 8.92. The highest BCUT2D eigenvalue weighted by molar-refractivity contribution is 5.96. The van der Waals surface area contributed by atoms with Gasteiger partial charge in [-0.15, -0.1) is 0 Å². The van der Waals surface area contributed by atoms with Crippen LogP contribution in [0, 0.1) is 0 Å². The second kappa shape index (κ2) is 9.09. The first-order valence-electron chi connectivity index (χ1n) is 8.92. The molecule has 2 heterocycles. The van der Waals surface area contributed by atoms with E-state index < -0.39 is 5.97 Å². The number of nitrogens with zero attached hydrogens (tertiary/aromatic N) is 2. The molecule has 0 bridgehead atoms. The summed E-state index contributed by atoms with van der Waals surface area (Å²) in [7, 11) is 0. The van der Waals surface area contributed by atoms with Crippen molar-refractivity contribution >= 4 is 23.4 Å². The average molecular weight is 370 g/mol. The number of carbonyl (C=O) groups is 2. The molecule has 8 nitrogen and oxygen atoms in total. The number of rotatable bonds is 7. The molecular formula is C19H22N4O4. The third kappa shape index (κ3) is 5.01. The van der Waals surface area contributed by atoms with Crippen molar-refractivity contribution in [1.82, 2.24) is 15.3 Å². The van der Waals surface area contributed by atoms with Gasteiger partial charge in [-0.2, -0.15) is 0 Å². The van der Waals surface area contributed by atoms with Crippen LogP contribution in [0.5, 0.6) is 0 Å². The van der Waals surface area contributed by atoms with Crippen LogP contribution < -0.4 is 10.6 Å². The molecule has 1 aromatic carbocycles. The van der Waals surface area contributed by atoms with Crippen LogP contribution in [0.25, 0.3) is 0 Å². The van der Waals surface area contributed by atoms with Gasteiger partial charge in [-0.1, -0.05) is 12.1 Å². The number of hydrogen-bond acceptors (Lipinski definition) is 7. The van der Waals surface area contributed by atoms with E-state index in [2.05, 4.69) is 20.6 Å². The van der Waals surface area contributed by atoms with Crippen LogP contribution in [0.3, 0.4) is 0 Å². The number of nitrogens with one attached hydrogen (secondary N) is 2. The van der Waals surface area contributed by atoms with Crippen molar-refractivity contribution in [2.75, 3.05) is 25.1 Å². The zero-order chi connectivity index (χ0) is 19.1. The number of carbonyl (C=O) groups excluding carboxylic acids is 2. The van der Waals surface area contributed by atoms with Crippen molar-refractivity contribution < 1.29 is 19.1 Å². The topological polar surface area (TPSA) is 102 Å². The molecule has 3 rings (SSSR count). The van der Waals surface area contributed by atoms with Crippen LogP contribution in [0.4, 0.5) is 11.5 Å². The molecule has 27 heavy (non-hydrogen) atoms. The molecule has 0 radical (unpaired) electrons. The normalized spacial score (nSPS) is 16.0. The largest absolute Gasteiger partial charge is 0.462 e. The van der Waals surface area contributed by atoms with E-state index in [0.29, 0.717) is 30.2 Å². The Morgan fingerprint density at radius 1 is 1.26 bits per heavy atom. The minimum absolute atomic E-state index is 0.0715. The number of anilines is 2. The predicted octanol–water partition coefficient (Wildman–Crippen LogP) is 2.31. The fourth-order valence-electron chi connectivity index (χ4n) is 2.73. The third-order valence-corrected chi connectivity index (χ3v) is 4.08. The molecule has 1 atom stereocenters. The van der Waals surface area contributed by atoms with E-state index in [1.807, 2.05) is 0 Å². The lowest BCUT2D eigenvalue weighted by atomic mass is 10.2. The van der Waals surface area contributed by atoms with Gasteiger partial charge in [0.1, 0.15) is 11.5 Å². The molecule has 2 N–H and O–H groups in total. The molecule has 0 saturated carbocycles. The highest BCUT2D eigenvalue weighted by Crippen LogP contribution is 2.20. The summed E-state index contributed by atoms with van der Waals surface area (Å²) in [5.41, 5.74) is 1.18. The second-order valence-corrected chi connectivity index (χ2v) is 6.02. The van der Waals surface area contributed by atoms with Crippen molar-refractivity contribution in [3.8, 4) is 0 Å². The summed E-state index contributed by atoms with van der Waals surface area (Å²) in [6.45, 7) is 3.26. The molecule has 1 amide bonds. The summed E-state index contributed by atoms with van der Waals surface area (Å²) in [5, 5.41) is 5.83. The fourth-order valence-corrected chi connectivity index (χ4v) is 2.73. The lowest BCUT2D eigenvalue weighted by Gasteiger charge is -2.11. The Hall–Kier alpha value is -3.00. The molecule has 1 aliphatic rings. The Labute approximate surface area is 157 Å². The molecule has 1 saturated heterocycles. The van der Waals surface area contributed by atoms with E-state index in [1.165, 1.54) is 12.4 Å². The van der Waals surface area contributed by atoms with Crippen LogP contribution in [-0.4, -0.2) is 47.7 Å². The van der Waals surface area contributed by atoms with Crippen LogP contribution >= 0.6 is 0 Å². The molecule has 8 heteroatoms. The van der Waals surface area contributed by atoms with Gasteiger partial charge in [0.2, 0.25) is 0 Å². The molecule has 1 aromatic heterocycles. The molecular weight excluding hydrogens is 348 g/mol. The second-order valence-electron chi connectivity index (χ2n) is 6.02. The van der Waals surface area contributed by atoms with Crippen molar-refractivity contribution in [3.05, 3.63) is 47.9 Å². The molecule has 1 unspecified atom stereocenters. The van der Waals surface area contributed by atoms with E-state index in [0.717, 1.165) is 19.4 Å². The quantitative estimate of drug-likeness (QED) is 0.721. The van der Waals surface area contributed by atoms with Gasteiger partial charge in [-0.25, -0.2) is 14.8 Å². The molecule has 1 aliphatic heterocycles. The van der Waals surface area contributed by atoms with Crippen LogP contribution in [0.1, 0.15) is 40.6 Å². The summed E-state index contributed by atoms with van der Waals surface area (Å²) in [4.78, 5) is 32.5. The van der Waals surface area contributed by atoms with E-state index in [9.17, 15) is 9.59 Å². The van der Waals surface area contributed by atoms with Gasteiger partial charge in [0, 0.05) is 13.2 Å². The van der Waals surface area contributed by atoms with E-state index in [-0.39, 0.29) is 17.7 Å². The van der Waals surface area contributed by atoms with Gasteiger partial charge in [0.25, 0.3) is 5.91 Å². The number of esters is 1. The smallest absolute Gasteiger partial charge is 0.340 e. The molecule has 0 spiro atoms. The fraction of sp³-hybridized carbons (Fsp3) is 0.368. The Balaban J connectivity index is 1.62. The Morgan fingerprint density at radius 3 is 2.81 bits per heavy atom. The number of aromatic nitrogens is 2. The maximum Gasteiger partial charge on any atom is 0.340 e. The van der Waals surface area contributed by atoms with Crippen molar-refractivity contribution in [3.63, 3.8) is 0 Å². The predicted molar refractivity (Wildman–Crippen MR) is 99.0 cm³/mol. The summed E-state index contributed by atoms with van der Waals surface area (Å²) in [6, 6.07) is 6.97. The van der Waals surface area contributed by atoms with Gasteiger partial charge < -0.3 is 20.1 Å². The minimum atomic E-state index is -0.418. The lowest BCUT2D eigenvalue weighted by Crippen LogP contribution is -2.32. The number of amides is 1. The first kappa shape index (κ1) is 18.8. The average Bonchev–Trinajstić information content (AvgIpc) is 3.21. The Kier molecular flexibility index (Phi) is 6.32. The maximum absolute atomic E-state index is 12.1. The maximum atomic E-state index is 12.1. The summed E-state index contributed by atoms with van der Waals surface area (Å²) in [5.74, 6) is -0.294. The number of hydrogen-bond donors (Lipinski definition) is 2. The summed E-state index contributed by atoms with van der Waals surface area (Å²) >= 11 is 0. The standard InChI is InChI=1S/C19H22N4O4/c1-2-26-19(25)14-7-3-4-8-15(14)23-17-12-20-16(11-21-17)18(24)22-10-13-6-5-9-27-13/h3-4,7-8,11-13H,2,5-6,9-10H2,1H3,(H,21,23)(H,22,24). The van der Waals surface area contributed by atoms with E-state index in [1.54, 1.807) is 31.2 Å². The highest BCUT2D eigenvalue weighted by Gasteiger charge is 2.17. The van der Waals surface area contributed by atoms with Crippen molar-refractivity contribution in [2.45, 2.75) is 25.9 Å².